The van der Waals surface area contributed by atoms with Crippen LogP contribution in [-0.4, -0.2) is 16.8 Å². The van der Waals surface area contributed by atoms with E-state index in [9.17, 15) is 9.59 Å². The van der Waals surface area contributed by atoms with Crippen molar-refractivity contribution in [2.24, 2.45) is 5.92 Å². The standard InChI is InChI=1S/C14H15N3O2S2/c1-7-8(2)20-14(15-7)17-13(19)10-5-6-11(21-10)16-12(18)9-3-4-9/h5-6,9H,3-4H2,1-2H3,(H,16,18)(H,15,17,19). The van der Waals surface area contributed by atoms with Crippen molar-refractivity contribution in [2.75, 3.05) is 10.6 Å². The fourth-order valence-electron chi connectivity index (χ4n) is 1.78. The summed E-state index contributed by atoms with van der Waals surface area (Å²) in [7, 11) is 0. The predicted octanol–water partition coefficient (Wildman–Crippen LogP) is 3.42. The average Bonchev–Trinajstić information content (AvgIpc) is 3.11. The van der Waals surface area contributed by atoms with Gasteiger partial charge in [0.1, 0.15) is 0 Å². The molecule has 0 bridgehead atoms. The number of nitrogens with one attached hydrogen (secondary N) is 2. The van der Waals surface area contributed by atoms with E-state index in [1.165, 1.54) is 22.7 Å². The van der Waals surface area contributed by atoms with Crippen molar-refractivity contribution >= 4 is 44.6 Å². The Labute approximate surface area is 130 Å². The molecule has 110 valence electrons. The lowest BCUT2D eigenvalue weighted by Crippen LogP contribution is -2.12. The Morgan fingerprint density at radius 1 is 1.19 bits per heavy atom. The molecule has 7 heteroatoms. The molecule has 0 radical (unpaired) electrons. The maximum atomic E-state index is 12.1. The molecule has 0 saturated heterocycles. The maximum absolute atomic E-state index is 12.1. The second-order valence-electron chi connectivity index (χ2n) is 5.04. The number of anilines is 2. The molecule has 1 saturated carbocycles. The van der Waals surface area contributed by atoms with Crippen molar-refractivity contribution in [3.05, 3.63) is 27.6 Å². The van der Waals surface area contributed by atoms with Gasteiger partial charge in [-0.05, 0) is 38.8 Å². The summed E-state index contributed by atoms with van der Waals surface area (Å²) in [5.74, 6) is 0.0151. The number of carbonyl (C=O) groups is 2. The lowest BCUT2D eigenvalue weighted by molar-refractivity contribution is -0.117. The first-order chi connectivity index (χ1) is 10.0. The molecule has 21 heavy (non-hydrogen) atoms. The number of thiophene rings is 1. The number of aromatic nitrogens is 1. The number of thiazole rings is 1. The van der Waals surface area contributed by atoms with Gasteiger partial charge in [0.25, 0.3) is 5.91 Å². The van der Waals surface area contributed by atoms with E-state index in [2.05, 4.69) is 15.6 Å². The highest BCUT2D eigenvalue weighted by molar-refractivity contribution is 7.18. The van der Waals surface area contributed by atoms with Crippen molar-refractivity contribution < 1.29 is 9.59 Å². The molecular weight excluding hydrogens is 306 g/mol. The number of rotatable bonds is 4. The molecule has 2 heterocycles. The molecule has 0 aliphatic heterocycles. The molecule has 1 aliphatic rings. The highest BCUT2D eigenvalue weighted by atomic mass is 32.1. The van der Waals surface area contributed by atoms with Gasteiger partial charge in [0, 0.05) is 10.8 Å². The number of nitrogens with zero attached hydrogens (tertiary/aromatic N) is 1. The Balaban J connectivity index is 1.64. The van der Waals surface area contributed by atoms with Crippen molar-refractivity contribution in [2.45, 2.75) is 26.7 Å². The quantitative estimate of drug-likeness (QED) is 0.906. The normalized spacial score (nSPS) is 14.0. The third-order valence-electron chi connectivity index (χ3n) is 3.27. The maximum Gasteiger partial charge on any atom is 0.267 e. The van der Waals surface area contributed by atoms with Crippen molar-refractivity contribution in [3.63, 3.8) is 0 Å². The second-order valence-corrected chi connectivity index (χ2v) is 7.33. The number of hydrogen-bond donors (Lipinski definition) is 2. The zero-order chi connectivity index (χ0) is 15.0. The first-order valence-electron chi connectivity index (χ1n) is 6.69. The van der Waals surface area contributed by atoms with Crippen LogP contribution in [0, 0.1) is 19.8 Å². The summed E-state index contributed by atoms with van der Waals surface area (Å²) >= 11 is 2.74. The fraction of sp³-hybridized carbons (Fsp3) is 0.357. The van der Waals surface area contributed by atoms with Gasteiger partial charge in [-0.1, -0.05) is 0 Å². The van der Waals surface area contributed by atoms with Crippen LogP contribution in [0.4, 0.5) is 10.1 Å². The summed E-state index contributed by atoms with van der Waals surface area (Å²) in [5.41, 5.74) is 0.930. The van der Waals surface area contributed by atoms with E-state index in [-0.39, 0.29) is 17.7 Å². The minimum atomic E-state index is -0.194. The van der Waals surface area contributed by atoms with Crippen molar-refractivity contribution in [1.29, 1.82) is 0 Å². The Kier molecular flexibility index (Phi) is 3.77. The second kappa shape index (κ2) is 5.57. The third-order valence-corrected chi connectivity index (χ3v) is 5.26. The largest absolute Gasteiger partial charge is 0.317 e. The van der Waals surface area contributed by atoms with Crippen LogP contribution in [0.5, 0.6) is 0 Å². The van der Waals surface area contributed by atoms with Gasteiger partial charge in [-0.15, -0.1) is 22.7 Å². The lowest BCUT2D eigenvalue weighted by Gasteiger charge is -2.00. The van der Waals surface area contributed by atoms with Crippen LogP contribution in [0.15, 0.2) is 12.1 Å². The van der Waals surface area contributed by atoms with Gasteiger partial charge in [-0.25, -0.2) is 4.98 Å². The molecule has 1 aliphatic carbocycles. The van der Waals surface area contributed by atoms with Crippen LogP contribution < -0.4 is 10.6 Å². The minimum Gasteiger partial charge on any atom is -0.317 e. The Hall–Kier alpha value is -1.73. The molecule has 2 aromatic heterocycles. The summed E-state index contributed by atoms with van der Waals surface area (Å²) in [6, 6.07) is 3.48. The Morgan fingerprint density at radius 2 is 1.95 bits per heavy atom. The topological polar surface area (TPSA) is 71.1 Å². The van der Waals surface area contributed by atoms with Crippen LogP contribution in [0.3, 0.4) is 0 Å². The van der Waals surface area contributed by atoms with E-state index >= 15 is 0 Å². The highest BCUT2D eigenvalue weighted by Crippen LogP contribution is 2.32. The number of aryl methyl sites for hydroxylation is 2. The fourth-order valence-corrected chi connectivity index (χ4v) is 3.40. The summed E-state index contributed by atoms with van der Waals surface area (Å²) in [4.78, 5) is 29.7. The predicted molar refractivity (Wildman–Crippen MR) is 85.2 cm³/mol. The third kappa shape index (κ3) is 3.30. The van der Waals surface area contributed by atoms with Gasteiger partial charge in [0.15, 0.2) is 5.13 Å². The van der Waals surface area contributed by atoms with E-state index in [0.29, 0.717) is 15.0 Å². The number of hydrogen-bond acceptors (Lipinski definition) is 5. The van der Waals surface area contributed by atoms with Crippen LogP contribution in [0.2, 0.25) is 0 Å². The monoisotopic (exact) mass is 321 g/mol. The first kappa shape index (κ1) is 14.2. The van der Waals surface area contributed by atoms with Gasteiger partial charge < -0.3 is 5.32 Å². The zero-order valence-corrected chi connectivity index (χ0v) is 13.4. The smallest absolute Gasteiger partial charge is 0.267 e. The molecule has 0 aromatic carbocycles. The van der Waals surface area contributed by atoms with Gasteiger partial charge >= 0.3 is 0 Å². The number of carbonyl (C=O) groups excluding carboxylic acids is 2. The molecule has 1 fully saturated rings. The first-order valence-corrected chi connectivity index (χ1v) is 8.32. The molecule has 2 amide bonds. The van der Waals surface area contributed by atoms with Gasteiger partial charge in [-0.2, -0.15) is 0 Å². The molecule has 0 spiro atoms. The molecule has 3 rings (SSSR count). The van der Waals surface area contributed by atoms with Crippen LogP contribution in [0.1, 0.15) is 33.1 Å². The molecule has 5 nitrogen and oxygen atoms in total. The number of amides is 2. The molecule has 0 unspecified atom stereocenters. The Morgan fingerprint density at radius 3 is 2.57 bits per heavy atom. The van der Waals surface area contributed by atoms with E-state index in [1.54, 1.807) is 12.1 Å². The SMILES string of the molecule is Cc1nc(NC(=O)c2ccc(NC(=O)C3CC3)s2)sc1C. The molecule has 2 aromatic rings. The van der Waals surface area contributed by atoms with E-state index in [4.69, 9.17) is 0 Å². The summed E-state index contributed by atoms with van der Waals surface area (Å²) in [6.07, 6.45) is 1.93. The van der Waals surface area contributed by atoms with Crippen LogP contribution in [0.25, 0.3) is 0 Å². The summed E-state index contributed by atoms with van der Waals surface area (Å²) in [6.45, 7) is 3.89. The van der Waals surface area contributed by atoms with E-state index < -0.39 is 0 Å². The minimum absolute atomic E-state index is 0.0509. The van der Waals surface area contributed by atoms with Crippen LogP contribution in [-0.2, 0) is 4.79 Å². The molecule has 0 atom stereocenters. The zero-order valence-electron chi connectivity index (χ0n) is 11.7. The summed E-state index contributed by atoms with van der Waals surface area (Å²) in [5, 5.41) is 6.95. The van der Waals surface area contributed by atoms with Crippen molar-refractivity contribution in [1.82, 2.24) is 4.98 Å². The average molecular weight is 321 g/mol. The van der Waals surface area contributed by atoms with E-state index in [0.717, 1.165) is 23.4 Å². The van der Waals surface area contributed by atoms with E-state index in [1.807, 2.05) is 13.8 Å². The van der Waals surface area contributed by atoms with Gasteiger partial charge in [0.2, 0.25) is 5.91 Å². The Bertz CT molecular complexity index is 681. The summed E-state index contributed by atoms with van der Waals surface area (Å²) < 4.78 is 0. The van der Waals surface area contributed by atoms with Gasteiger partial charge in [-0.3, -0.25) is 14.9 Å². The molecular formula is C14H15N3O2S2. The molecule has 2 N–H and O–H groups in total. The highest BCUT2D eigenvalue weighted by Gasteiger charge is 2.29. The lowest BCUT2D eigenvalue weighted by atomic mass is 10.4. The van der Waals surface area contributed by atoms with Gasteiger partial charge in [0.05, 0.1) is 15.6 Å². The van der Waals surface area contributed by atoms with Crippen LogP contribution >= 0.6 is 22.7 Å². The van der Waals surface area contributed by atoms with Crippen molar-refractivity contribution in [3.8, 4) is 0 Å².